The first-order chi connectivity index (χ1) is 9.56. The van der Waals surface area contributed by atoms with Gasteiger partial charge in [-0.05, 0) is 5.92 Å². The summed E-state index contributed by atoms with van der Waals surface area (Å²) in [5, 5.41) is 10.4. The molecular formula is C13H21N5O2. The minimum absolute atomic E-state index is 0.0512. The van der Waals surface area contributed by atoms with E-state index < -0.39 is 0 Å². The molecule has 2 heterocycles. The quantitative estimate of drug-likeness (QED) is 0.788. The molecule has 0 spiro atoms. The van der Waals surface area contributed by atoms with Crippen LogP contribution in [0.25, 0.3) is 0 Å². The van der Waals surface area contributed by atoms with E-state index in [0.717, 1.165) is 6.54 Å². The van der Waals surface area contributed by atoms with E-state index in [1.807, 2.05) is 0 Å². The zero-order valence-electron chi connectivity index (χ0n) is 12.0. The smallest absolute Gasteiger partial charge is 0.225 e. The van der Waals surface area contributed by atoms with Crippen LogP contribution in [0.1, 0.15) is 20.3 Å². The van der Waals surface area contributed by atoms with Gasteiger partial charge in [0.05, 0.1) is 18.7 Å². The van der Waals surface area contributed by atoms with Crippen LogP contribution in [0.5, 0.6) is 0 Å². The van der Waals surface area contributed by atoms with E-state index in [1.54, 1.807) is 22.0 Å². The summed E-state index contributed by atoms with van der Waals surface area (Å²) >= 11 is 0. The van der Waals surface area contributed by atoms with Gasteiger partial charge in [0.15, 0.2) is 0 Å². The fourth-order valence-corrected chi connectivity index (χ4v) is 2.35. The lowest BCUT2D eigenvalue weighted by Gasteiger charge is -2.18. The lowest BCUT2D eigenvalue weighted by Crippen LogP contribution is -2.35. The number of carbonyl (C=O) groups excluding carboxylic acids is 2. The predicted octanol–water partition coefficient (Wildman–Crippen LogP) is -0.101. The number of nitrogens with zero attached hydrogens (tertiary/aromatic N) is 4. The van der Waals surface area contributed by atoms with E-state index in [0.29, 0.717) is 32.0 Å². The fraction of sp³-hybridized carbons (Fsp3) is 0.692. The molecule has 2 amide bonds. The molecule has 1 atom stereocenters. The van der Waals surface area contributed by atoms with Crippen molar-refractivity contribution in [1.29, 1.82) is 0 Å². The molecule has 110 valence electrons. The number of rotatable bonds is 6. The van der Waals surface area contributed by atoms with E-state index in [9.17, 15) is 9.59 Å². The summed E-state index contributed by atoms with van der Waals surface area (Å²) in [6.07, 6.45) is 3.67. The average molecular weight is 279 g/mol. The maximum atomic E-state index is 12.0. The molecule has 1 aromatic rings. The maximum absolute atomic E-state index is 12.0. The Bertz CT molecular complexity index is 457. The third-order valence-electron chi connectivity index (χ3n) is 3.28. The van der Waals surface area contributed by atoms with Crippen molar-refractivity contribution in [3.05, 3.63) is 12.4 Å². The molecule has 1 aliphatic heterocycles. The molecule has 1 saturated heterocycles. The van der Waals surface area contributed by atoms with Crippen molar-refractivity contribution < 1.29 is 9.59 Å². The van der Waals surface area contributed by atoms with Crippen molar-refractivity contribution in [3.8, 4) is 0 Å². The van der Waals surface area contributed by atoms with Gasteiger partial charge >= 0.3 is 0 Å². The number of aromatic nitrogens is 3. The van der Waals surface area contributed by atoms with Gasteiger partial charge in [-0.1, -0.05) is 19.1 Å². The van der Waals surface area contributed by atoms with Gasteiger partial charge in [0.2, 0.25) is 11.8 Å². The number of hydrogen-bond acceptors (Lipinski definition) is 4. The van der Waals surface area contributed by atoms with Crippen LogP contribution in [0.3, 0.4) is 0 Å². The van der Waals surface area contributed by atoms with Crippen LogP contribution in [0.4, 0.5) is 0 Å². The molecule has 7 heteroatoms. The van der Waals surface area contributed by atoms with Gasteiger partial charge in [0, 0.05) is 32.3 Å². The Labute approximate surface area is 118 Å². The highest BCUT2D eigenvalue weighted by atomic mass is 16.2. The minimum atomic E-state index is -0.225. The largest absolute Gasteiger partial charge is 0.354 e. The summed E-state index contributed by atoms with van der Waals surface area (Å²) in [4.78, 5) is 25.6. The van der Waals surface area contributed by atoms with Crippen LogP contribution in [0, 0.1) is 11.8 Å². The Morgan fingerprint density at radius 1 is 1.55 bits per heavy atom. The lowest BCUT2D eigenvalue weighted by molar-refractivity contribution is -0.129. The standard InChI is InChI=1S/C13H21N5O2/c1-10(2)8-17-9-11(7-12(17)19)13(20)14-3-5-18-6-4-15-16-18/h4,6,10-11H,3,5,7-9H2,1-2H3,(H,14,20). The number of carbonyl (C=O) groups is 2. The molecule has 1 unspecified atom stereocenters. The summed E-state index contributed by atoms with van der Waals surface area (Å²) in [5.74, 6) is 0.227. The van der Waals surface area contributed by atoms with Crippen LogP contribution in [-0.4, -0.2) is 51.3 Å². The zero-order chi connectivity index (χ0) is 14.5. The Morgan fingerprint density at radius 3 is 3.00 bits per heavy atom. The van der Waals surface area contributed by atoms with E-state index in [2.05, 4.69) is 29.5 Å². The SMILES string of the molecule is CC(C)CN1CC(C(=O)NCCn2ccnn2)CC1=O. The Balaban J connectivity index is 1.74. The van der Waals surface area contributed by atoms with E-state index in [-0.39, 0.29) is 17.7 Å². The number of nitrogens with one attached hydrogen (secondary N) is 1. The molecule has 0 bridgehead atoms. The van der Waals surface area contributed by atoms with Crippen LogP contribution < -0.4 is 5.32 Å². The molecule has 7 nitrogen and oxygen atoms in total. The molecule has 0 saturated carbocycles. The molecule has 1 fully saturated rings. The molecule has 0 radical (unpaired) electrons. The molecule has 20 heavy (non-hydrogen) atoms. The Hall–Kier alpha value is -1.92. The van der Waals surface area contributed by atoms with Crippen LogP contribution in [0.2, 0.25) is 0 Å². The summed E-state index contributed by atoms with van der Waals surface area (Å²) in [7, 11) is 0. The first kappa shape index (κ1) is 14.5. The second-order valence-electron chi connectivity index (χ2n) is 5.55. The van der Waals surface area contributed by atoms with Crippen molar-refractivity contribution >= 4 is 11.8 Å². The highest BCUT2D eigenvalue weighted by Crippen LogP contribution is 2.19. The van der Waals surface area contributed by atoms with Gasteiger partial charge in [-0.25, -0.2) is 0 Å². The van der Waals surface area contributed by atoms with Gasteiger partial charge in [-0.2, -0.15) is 0 Å². The van der Waals surface area contributed by atoms with E-state index >= 15 is 0 Å². The molecular weight excluding hydrogens is 258 g/mol. The summed E-state index contributed by atoms with van der Waals surface area (Å²) < 4.78 is 1.66. The van der Waals surface area contributed by atoms with E-state index in [1.165, 1.54) is 0 Å². The minimum Gasteiger partial charge on any atom is -0.354 e. The number of amides is 2. The third kappa shape index (κ3) is 3.79. The second-order valence-corrected chi connectivity index (χ2v) is 5.55. The molecule has 1 aliphatic rings. The molecule has 0 aliphatic carbocycles. The van der Waals surface area contributed by atoms with Crippen molar-refractivity contribution in [1.82, 2.24) is 25.2 Å². The summed E-state index contributed by atoms with van der Waals surface area (Å²) in [5.41, 5.74) is 0. The van der Waals surface area contributed by atoms with Crippen molar-refractivity contribution in [3.63, 3.8) is 0 Å². The second kappa shape index (κ2) is 6.49. The predicted molar refractivity (Wildman–Crippen MR) is 72.6 cm³/mol. The van der Waals surface area contributed by atoms with Crippen LogP contribution in [-0.2, 0) is 16.1 Å². The van der Waals surface area contributed by atoms with Crippen molar-refractivity contribution in [2.24, 2.45) is 11.8 Å². The van der Waals surface area contributed by atoms with E-state index in [4.69, 9.17) is 0 Å². The zero-order valence-corrected chi connectivity index (χ0v) is 12.0. The lowest BCUT2D eigenvalue weighted by atomic mass is 10.1. The topological polar surface area (TPSA) is 80.1 Å². The monoisotopic (exact) mass is 279 g/mol. The maximum Gasteiger partial charge on any atom is 0.225 e. The number of hydrogen-bond donors (Lipinski definition) is 1. The van der Waals surface area contributed by atoms with Gasteiger partial charge in [-0.3, -0.25) is 14.3 Å². The highest BCUT2D eigenvalue weighted by molar-refractivity contribution is 5.89. The van der Waals surface area contributed by atoms with Crippen LogP contribution in [0.15, 0.2) is 12.4 Å². The Kier molecular flexibility index (Phi) is 4.70. The van der Waals surface area contributed by atoms with Gasteiger partial charge in [0.1, 0.15) is 0 Å². The summed E-state index contributed by atoms with van der Waals surface area (Å²) in [6.45, 7) is 6.48. The van der Waals surface area contributed by atoms with Crippen molar-refractivity contribution in [2.45, 2.75) is 26.8 Å². The highest BCUT2D eigenvalue weighted by Gasteiger charge is 2.34. The normalized spacial score (nSPS) is 18.9. The molecule has 2 rings (SSSR count). The molecule has 1 aromatic heterocycles. The van der Waals surface area contributed by atoms with Crippen LogP contribution >= 0.6 is 0 Å². The van der Waals surface area contributed by atoms with Gasteiger partial charge in [-0.15, -0.1) is 5.10 Å². The summed E-state index contributed by atoms with van der Waals surface area (Å²) in [6, 6.07) is 0. The third-order valence-corrected chi connectivity index (χ3v) is 3.28. The van der Waals surface area contributed by atoms with Gasteiger partial charge in [0.25, 0.3) is 0 Å². The molecule has 0 aromatic carbocycles. The van der Waals surface area contributed by atoms with Gasteiger partial charge < -0.3 is 10.2 Å². The Morgan fingerprint density at radius 2 is 2.35 bits per heavy atom. The first-order valence-electron chi connectivity index (χ1n) is 6.96. The number of likely N-dealkylation sites (tertiary alicyclic amines) is 1. The average Bonchev–Trinajstić information content (AvgIpc) is 3.00. The first-order valence-corrected chi connectivity index (χ1v) is 6.96. The van der Waals surface area contributed by atoms with Crippen molar-refractivity contribution in [2.75, 3.05) is 19.6 Å². The molecule has 1 N–H and O–H groups in total. The fourth-order valence-electron chi connectivity index (χ4n) is 2.35.